The number of rotatable bonds is 2. The van der Waals surface area contributed by atoms with Gasteiger partial charge in [-0.1, -0.05) is 54.1 Å². The van der Waals surface area contributed by atoms with Crippen molar-refractivity contribution in [3.8, 4) is 22.6 Å². The van der Waals surface area contributed by atoms with Crippen LogP contribution < -0.4 is 0 Å². The molecular weight excluding hydrogens is 370 g/mol. The van der Waals surface area contributed by atoms with Crippen LogP contribution in [0.3, 0.4) is 0 Å². The quantitative estimate of drug-likeness (QED) is 0.467. The van der Waals surface area contributed by atoms with Gasteiger partial charge in [-0.25, -0.2) is 0 Å². The van der Waals surface area contributed by atoms with Crippen LogP contribution in [0.4, 0.5) is 0 Å². The molecule has 0 bridgehead atoms. The van der Waals surface area contributed by atoms with Crippen molar-refractivity contribution in [1.82, 2.24) is 14.6 Å². The molecule has 0 unspecified atom stereocenters. The van der Waals surface area contributed by atoms with Gasteiger partial charge in [-0.3, -0.25) is 4.40 Å². The molecule has 0 fully saturated rings. The zero-order valence-corrected chi connectivity index (χ0v) is 15.4. The number of aromatic nitrogens is 3. The van der Waals surface area contributed by atoms with Crippen molar-refractivity contribution in [1.29, 1.82) is 0 Å². The van der Waals surface area contributed by atoms with Crippen molar-refractivity contribution in [2.75, 3.05) is 0 Å². The summed E-state index contributed by atoms with van der Waals surface area (Å²) in [4.78, 5) is 0.925. The van der Waals surface area contributed by atoms with Crippen LogP contribution in [0.2, 0.25) is 0 Å². The Morgan fingerprint density at radius 3 is 2.48 bits per heavy atom. The van der Waals surface area contributed by atoms with Crippen molar-refractivity contribution in [2.24, 2.45) is 0 Å². The molecule has 0 N–H and O–H groups in total. The molecule has 2 aromatic heterocycles. The fourth-order valence-corrected chi connectivity index (χ4v) is 3.61. The highest BCUT2D eigenvalue weighted by molar-refractivity contribution is 8.93. The Kier molecular flexibility index (Phi) is 4.33. The van der Waals surface area contributed by atoms with Crippen LogP contribution >= 0.6 is 28.3 Å². The first-order chi connectivity index (χ1) is 10.7. The fraction of sp³-hybridized carbons (Fsp3) is 0.111. The molecule has 0 saturated carbocycles. The molecule has 3 nitrogen and oxygen atoms in total. The molecule has 0 aliphatic rings. The molecule has 5 heteroatoms. The van der Waals surface area contributed by atoms with Crippen molar-refractivity contribution in [3.05, 3.63) is 65.0 Å². The first-order valence-electron chi connectivity index (χ1n) is 7.20. The highest BCUT2D eigenvalue weighted by atomic mass is 79.9. The number of thiazole rings is 1. The number of hydrogen-bond donors (Lipinski definition) is 0. The van der Waals surface area contributed by atoms with Crippen LogP contribution in [0.15, 0.2) is 53.9 Å². The minimum atomic E-state index is 0. The standard InChI is InChI=1S/C18H15N3S.BrH/c1-12-8-9-15(13(2)10-12)16-11-22-18-20-19-17(21(16)18)14-6-4-3-5-7-14;/h3-11H,1-2H3;1H. The fourth-order valence-electron chi connectivity index (χ4n) is 2.78. The van der Waals surface area contributed by atoms with Crippen molar-refractivity contribution < 1.29 is 0 Å². The smallest absolute Gasteiger partial charge is 0.216 e. The third-order valence-electron chi connectivity index (χ3n) is 3.84. The Hall–Kier alpha value is -1.98. The molecule has 4 aromatic rings. The van der Waals surface area contributed by atoms with E-state index in [1.807, 2.05) is 18.2 Å². The van der Waals surface area contributed by atoms with Crippen molar-refractivity contribution in [2.45, 2.75) is 13.8 Å². The first kappa shape index (κ1) is 15.9. The molecule has 0 amide bonds. The topological polar surface area (TPSA) is 30.2 Å². The maximum absolute atomic E-state index is 4.38. The molecule has 0 spiro atoms. The van der Waals surface area contributed by atoms with E-state index in [1.54, 1.807) is 11.3 Å². The normalized spacial score (nSPS) is 10.7. The van der Waals surface area contributed by atoms with E-state index in [2.05, 4.69) is 64.2 Å². The number of nitrogens with zero attached hydrogens (tertiary/aromatic N) is 3. The Labute approximate surface area is 149 Å². The van der Waals surface area contributed by atoms with Crippen LogP contribution in [-0.4, -0.2) is 14.6 Å². The summed E-state index contributed by atoms with van der Waals surface area (Å²) in [5, 5.41) is 10.9. The summed E-state index contributed by atoms with van der Waals surface area (Å²) in [6.45, 7) is 4.27. The lowest BCUT2D eigenvalue weighted by atomic mass is 10.0. The lowest BCUT2D eigenvalue weighted by molar-refractivity contribution is 1.11. The van der Waals surface area contributed by atoms with E-state index in [9.17, 15) is 0 Å². The minimum Gasteiger partial charge on any atom is -0.265 e. The molecule has 0 aliphatic heterocycles. The average molecular weight is 386 g/mol. The molecule has 2 heterocycles. The van der Waals surface area contributed by atoms with Gasteiger partial charge in [-0.15, -0.1) is 38.5 Å². The highest BCUT2D eigenvalue weighted by Crippen LogP contribution is 2.32. The van der Waals surface area contributed by atoms with E-state index in [4.69, 9.17) is 0 Å². The third kappa shape index (κ3) is 2.71. The predicted molar refractivity (Wildman–Crippen MR) is 102 cm³/mol. The van der Waals surface area contributed by atoms with Crippen molar-refractivity contribution in [3.63, 3.8) is 0 Å². The first-order valence-corrected chi connectivity index (χ1v) is 8.07. The molecule has 0 aliphatic carbocycles. The molecule has 0 atom stereocenters. The van der Waals surface area contributed by atoms with Crippen LogP contribution in [0.25, 0.3) is 27.6 Å². The van der Waals surface area contributed by atoms with Crippen LogP contribution in [0, 0.1) is 13.8 Å². The summed E-state index contributed by atoms with van der Waals surface area (Å²) in [5.74, 6) is 0.895. The molecule has 116 valence electrons. The second-order valence-corrected chi connectivity index (χ2v) is 6.28. The van der Waals surface area contributed by atoms with E-state index >= 15 is 0 Å². The van der Waals surface area contributed by atoms with Gasteiger partial charge in [0.15, 0.2) is 5.82 Å². The molecule has 2 aromatic carbocycles. The SMILES string of the molecule is Br.Cc1ccc(-c2csc3nnc(-c4ccccc4)n23)c(C)c1. The van der Waals surface area contributed by atoms with Gasteiger partial charge < -0.3 is 0 Å². The second kappa shape index (κ2) is 6.26. The lowest BCUT2D eigenvalue weighted by Gasteiger charge is -2.07. The molecule has 4 rings (SSSR count). The maximum atomic E-state index is 4.38. The monoisotopic (exact) mass is 385 g/mol. The number of hydrogen-bond acceptors (Lipinski definition) is 3. The molecule has 0 radical (unpaired) electrons. The second-order valence-electron chi connectivity index (χ2n) is 5.45. The van der Waals surface area contributed by atoms with Gasteiger partial charge in [0.25, 0.3) is 0 Å². The number of halogens is 1. The van der Waals surface area contributed by atoms with Gasteiger partial charge >= 0.3 is 0 Å². The Morgan fingerprint density at radius 2 is 1.74 bits per heavy atom. The molecule has 23 heavy (non-hydrogen) atoms. The summed E-state index contributed by atoms with van der Waals surface area (Å²) in [6, 6.07) is 16.8. The largest absolute Gasteiger partial charge is 0.265 e. The summed E-state index contributed by atoms with van der Waals surface area (Å²) < 4.78 is 2.15. The van der Waals surface area contributed by atoms with E-state index in [0.717, 1.165) is 22.0 Å². The number of benzene rings is 2. The third-order valence-corrected chi connectivity index (χ3v) is 4.66. The van der Waals surface area contributed by atoms with E-state index < -0.39 is 0 Å². The van der Waals surface area contributed by atoms with Gasteiger partial charge in [0.1, 0.15) is 0 Å². The summed E-state index contributed by atoms with van der Waals surface area (Å²) in [5.41, 5.74) is 6.02. The number of fused-ring (bicyclic) bond motifs is 1. The Morgan fingerprint density at radius 1 is 0.957 bits per heavy atom. The van der Waals surface area contributed by atoms with Gasteiger partial charge in [0.05, 0.1) is 5.69 Å². The number of aryl methyl sites for hydroxylation is 2. The van der Waals surface area contributed by atoms with Gasteiger partial charge in [-0.05, 0) is 19.4 Å². The van der Waals surface area contributed by atoms with E-state index in [1.165, 1.54) is 16.7 Å². The van der Waals surface area contributed by atoms with Gasteiger partial charge in [-0.2, -0.15) is 0 Å². The van der Waals surface area contributed by atoms with Gasteiger partial charge in [0, 0.05) is 16.5 Å². The van der Waals surface area contributed by atoms with Crippen LogP contribution in [0.5, 0.6) is 0 Å². The predicted octanol–water partition coefficient (Wildman–Crippen LogP) is 5.32. The lowest BCUT2D eigenvalue weighted by Crippen LogP contribution is -1.93. The van der Waals surface area contributed by atoms with E-state index in [-0.39, 0.29) is 17.0 Å². The van der Waals surface area contributed by atoms with Gasteiger partial charge in [0.2, 0.25) is 4.96 Å². The minimum absolute atomic E-state index is 0. The molecular formula is C18H16BrN3S. The van der Waals surface area contributed by atoms with E-state index in [0.29, 0.717) is 0 Å². The zero-order chi connectivity index (χ0) is 15.1. The van der Waals surface area contributed by atoms with Crippen molar-refractivity contribution >= 4 is 33.3 Å². The highest BCUT2D eigenvalue weighted by Gasteiger charge is 2.15. The van der Waals surface area contributed by atoms with Crippen LogP contribution in [0.1, 0.15) is 11.1 Å². The summed E-state index contributed by atoms with van der Waals surface area (Å²) in [7, 11) is 0. The molecule has 0 saturated heterocycles. The average Bonchev–Trinajstić information content (AvgIpc) is 3.10. The Balaban J connectivity index is 0.00000156. The zero-order valence-electron chi connectivity index (χ0n) is 12.9. The summed E-state index contributed by atoms with van der Waals surface area (Å²) >= 11 is 1.63. The van der Waals surface area contributed by atoms with Crippen LogP contribution in [-0.2, 0) is 0 Å². The summed E-state index contributed by atoms with van der Waals surface area (Å²) in [6.07, 6.45) is 0. The maximum Gasteiger partial charge on any atom is 0.216 e. The Bertz CT molecular complexity index is 957.